The summed E-state index contributed by atoms with van der Waals surface area (Å²) in [6.45, 7) is 0. The second kappa shape index (κ2) is 4.86. The Morgan fingerprint density at radius 3 is 2.67 bits per heavy atom. The van der Waals surface area contributed by atoms with Gasteiger partial charge in [0.25, 0.3) is 5.91 Å². The summed E-state index contributed by atoms with van der Waals surface area (Å²) in [5.74, 6) is 0.0683. The molecule has 5 heteroatoms. The third-order valence-corrected chi connectivity index (χ3v) is 3.37. The highest BCUT2D eigenvalue weighted by Gasteiger charge is 2.17. The van der Waals surface area contributed by atoms with Gasteiger partial charge in [-0.25, -0.2) is 0 Å². The van der Waals surface area contributed by atoms with Crippen molar-refractivity contribution in [1.82, 2.24) is 0 Å². The van der Waals surface area contributed by atoms with E-state index in [1.165, 1.54) is 0 Å². The van der Waals surface area contributed by atoms with Crippen LogP contribution < -0.4 is 16.2 Å². The summed E-state index contributed by atoms with van der Waals surface area (Å²) < 4.78 is 10.7. The Bertz CT molecular complexity index is 837. The van der Waals surface area contributed by atoms with Gasteiger partial charge in [0, 0.05) is 10.9 Å². The Labute approximate surface area is 121 Å². The maximum absolute atomic E-state index is 11.3. The topological polar surface area (TPSA) is 91.5 Å². The van der Waals surface area contributed by atoms with Crippen molar-refractivity contribution in [3.8, 4) is 16.9 Å². The van der Waals surface area contributed by atoms with Gasteiger partial charge in [-0.3, -0.25) is 4.79 Å². The number of para-hydroxylation sites is 1. The number of rotatable bonds is 3. The van der Waals surface area contributed by atoms with Crippen molar-refractivity contribution in [2.24, 2.45) is 5.73 Å². The zero-order valence-electron chi connectivity index (χ0n) is 11.4. The van der Waals surface area contributed by atoms with Crippen LogP contribution >= 0.6 is 0 Å². The maximum Gasteiger partial charge on any atom is 0.286 e. The summed E-state index contributed by atoms with van der Waals surface area (Å²) in [5.41, 5.74) is 13.8. The fourth-order valence-electron chi connectivity index (χ4n) is 2.35. The number of hydrogen-bond acceptors (Lipinski definition) is 4. The number of benzene rings is 2. The molecule has 4 N–H and O–H groups in total. The number of carbonyl (C=O) groups excluding carboxylic acids is 1. The van der Waals surface area contributed by atoms with Crippen LogP contribution in [0.2, 0.25) is 0 Å². The van der Waals surface area contributed by atoms with E-state index >= 15 is 0 Å². The Morgan fingerprint density at radius 1 is 1.19 bits per heavy atom. The standard InChI is InChI=1S/C16H14N2O3/c1-20-12-5-3-2-4-10(12)9-6-7-13-11(8-9)14(17)15(21-13)16(18)19/h2-8H,17H2,1H3,(H2,18,19). The molecule has 0 aliphatic carbocycles. The summed E-state index contributed by atoms with van der Waals surface area (Å²) in [6.07, 6.45) is 0. The average Bonchev–Trinajstić information content (AvgIpc) is 2.84. The number of methoxy groups -OCH3 is 1. The first kappa shape index (κ1) is 13.1. The van der Waals surface area contributed by atoms with Crippen molar-refractivity contribution < 1.29 is 13.9 Å². The zero-order chi connectivity index (χ0) is 15.0. The number of hydrogen-bond donors (Lipinski definition) is 2. The van der Waals surface area contributed by atoms with Gasteiger partial charge in [0.1, 0.15) is 11.3 Å². The lowest BCUT2D eigenvalue weighted by Crippen LogP contribution is -2.11. The lowest BCUT2D eigenvalue weighted by Gasteiger charge is -2.08. The molecular weight excluding hydrogens is 268 g/mol. The second-order valence-electron chi connectivity index (χ2n) is 4.62. The fourth-order valence-corrected chi connectivity index (χ4v) is 2.35. The van der Waals surface area contributed by atoms with Gasteiger partial charge in [0.15, 0.2) is 0 Å². The molecule has 0 spiro atoms. The van der Waals surface area contributed by atoms with Gasteiger partial charge in [0.2, 0.25) is 5.76 Å². The van der Waals surface area contributed by atoms with Gasteiger partial charge >= 0.3 is 0 Å². The molecule has 1 aromatic heterocycles. The number of nitrogens with two attached hydrogens (primary N) is 2. The minimum absolute atomic E-state index is 0.0119. The molecule has 1 heterocycles. The minimum Gasteiger partial charge on any atom is -0.496 e. The number of primary amides is 1. The molecule has 5 nitrogen and oxygen atoms in total. The predicted molar refractivity (Wildman–Crippen MR) is 81.1 cm³/mol. The van der Waals surface area contributed by atoms with Crippen molar-refractivity contribution in [2.45, 2.75) is 0 Å². The van der Waals surface area contributed by atoms with Crippen LogP contribution in [0.1, 0.15) is 10.6 Å². The van der Waals surface area contributed by atoms with Crippen LogP contribution in [0.3, 0.4) is 0 Å². The number of furan rings is 1. The summed E-state index contributed by atoms with van der Waals surface area (Å²) in [5, 5.41) is 0.659. The number of ether oxygens (including phenoxy) is 1. The van der Waals surface area contributed by atoms with Gasteiger partial charge in [0.05, 0.1) is 12.8 Å². The van der Waals surface area contributed by atoms with E-state index in [1.54, 1.807) is 13.2 Å². The van der Waals surface area contributed by atoms with Gasteiger partial charge in [-0.1, -0.05) is 24.3 Å². The second-order valence-corrected chi connectivity index (χ2v) is 4.62. The maximum atomic E-state index is 11.3. The van der Waals surface area contributed by atoms with E-state index in [0.717, 1.165) is 16.9 Å². The van der Waals surface area contributed by atoms with Crippen molar-refractivity contribution in [1.29, 1.82) is 0 Å². The molecule has 0 aliphatic rings. The Kier molecular flexibility index (Phi) is 3.02. The SMILES string of the molecule is COc1ccccc1-c1ccc2oc(C(N)=O)c(N)c2c1. The van der Waals surface area contributed by atoms with E-state index in [1.807, 2.05) is 36.4 Å². The first-order chi connectivity index (χ1) is 10.1. The lowest BCUT2D eigenvalue weighted by molar-refractivity contribution is 0.0977. The van der Waals surface area contributed by atoms with Crippen LogP contribution in [-0.4, -0.2) is 13.0 Å². The monoisotopic (exact) mass is 282 g/mol. The Balaban J connectivity index is 2.21. The first-order valence-corrected chi connectivity index (χ1v) is 6.37. The third-order valence-electron chi connectivity index (χ3n) is 3.37. The molecule has 0 unspecified atom stereocenters. The van der Waals surface area contributed by atoms with E-state index in [4.69, 9.17) is 20.6 Å². The van der Waals surface area contributed by atoms with Crippen molar-refractivity contribution >= 4 is 22.6 Å². The molecule has 0 saturated carbocycles. The summed E-state index contributed by atoms with van der Waals surface area (Å²) >= 11 is 0. The molecule has 0 fully saturated rings. The quantitative estimate of drug-likeness (QED) is 0.772. The zero-order valence-corrected chi connectivity index (χ0v) is 11.4. The summed E-state index contributed by atoms with van der Waals surface area (Å²) in [6, 6.07) is 13.2. The van der Waals surface area contributed by atoms with Crippen LogP contribution in [0, 0.1) is 0 Å². The van der Waals surface area contributed by atoms with E-state index in [2.05, 4.69) is 0 Å². The lowest BCUT2D eigenvalue weighted by atomic mass is 10.0. The number of amides is 1. The molecule has 3 rings (SSSR count). The predicted octanol–water partition coefficient (Wildman–Crippen LogP) is 2.79. The molecule has 0 aliphatic heterocycles. The van der Waals surface area contributed by atoms with Gasteiger partial charge in [-0.2, -0.15) is 0 Å². The molecule has 0 saturated heterocycles. The highest BCUT2D eigenvalue weighted by molar-refractivity contribution is 6.05. The first-order valence-electron chi connectivity index (χ1n) is 6.37. The van der Waals surface area contributed by atoms with E-state index in [-0.39, 0.29) is 11.4 Å². The number of fused-ring (bicyclic) bond motifs is 1. The molecular formula is C16H14N2O3. The molecule has 0 bridgehead atoms. The number of nitrogen functional groups attached to an aromatic ring is 1. The van der Waals surface area contributed by atoms with Crippen LogP contribution in [-0.2, 0) is 0 Å². The molecule has 3 aromatic rings. The third kappa shape index (κ3) is 2.08. The van der Waals surface area contributed by atoms with Gasteiger partial charge in [-0.15, -0.1) is 0 Å². The van der Waals surface area contributed by atoms with Gasteiger partial charge < -0.3 is 20.6 Å². The Morgan fingerprint density at radius 2 is 1.95 bits per heavy atom. The van der Waals surface area contributed by atoms with Crippen LogP contribution in [0.15, 0.2) is 46.9 Å². The molecule has 2 aromatic carbocycles. The highest BCUT2D eigenvalue weighted by Crippen LogP contribution is 2.35. The van der Waals surface area contributed by atoms with Crippen molar-refractivity contribution in [2.75, 3.05) is 12.8 Å². The summed E-state index contributed by atoms with van der Waals surface area (Å²) in [4.78, 5) is 11.3. The number of carbonyl (C=O) groups is 1. The Hall–Kier alpha value is -2.95. The molecule has 0 radical (unpaired) electrons. The van der Waals surface area contributed by atoms with E-state index in [0.29, 0.717) is 11.0 Å². The molecule has 1 amide bonds. The molecule has 21 heavy (non-hydrogen) atoms. The van der Waals surface area contributed by atoms with Crippen LogP contribution in [0.5, 0.6) is 5.75 Å². The normalized spacial score (nSPS) is 10.7. The fraction of sp³-hybridized carbons (Fsp3) is 0.0625. The summed E-state index contributed by atoms with van der Waals surface area (Å²) in [7, 11) is 1.62. The van der Waals surface area contributed by atoms with Crippen LogP contribution in [0.25, 0.3) is 22.1 Å². The van der Waals surface area contributed by atoms with E-state index in [9.17, 15) is 4.79 Å². The average molecular weight is 282 g/mol. The minimum atomic E-state index is -0.678. The van der Waals surface area contributed by atoms with Crippen LogP contribution in [0.4, 0.5) is 5.69 Å². The highest BCUT2D eigenvalue weighted by atomic mass is 16.5. The van der Waals surface area contributed by atoms with Gasteiger partial charge in [-0.05, 0) is 23.8 Å². The van der Waals surface area contributed by atoms with Crippen molar-refractivity contribution in [3.63, 3.8) is 0 Å². The smallest absolute Gasteiger partial charge is 0.286 e. The van der Waals surface area contributed by atoms with Crippen molar-refractivity contribution in [3.05, 3.63) is 48.2 Å². The molecule has 0 atom stereocenters. The largest absolute Gasteiger partial charge is 0.496 e. The van der Waals surface area contributed by atoms with E-state index < -0.39 is 5.91 Å². The number of anilines is 1. The molecule has 106 valence electrons.